The van der Waals surface area contributed by atoms with Crippen molar-refractivity contribution in [3.63, 3.8) is 0 Å². The van der Waals surface area contributed by atoms with E-state index in [0.29, 0.717) is 18.5 Å². The van der Waals surface area contributed by atoms with E-state index in [1.807, 2.05) is 118 Å². The molecule has 0 spiro atoms. The molecule has 0 aliphatic carbocycles. The van der Waals surface area contributed by atoms with Gasteiger partial charge in [-0.05, 0) is 164 Å². The van der Waals surface area contributed by atoms with Gasteiger partial charge in [0, 0.05) is 108 Å². The van der Waals surface area contributed by atoms with Gasteiger partial charge in [-0.1, -0.05) is 133 Å². The van der Waals surface area contributed by atoms with Gasteiger partial charge in [0.1, 0.15) is 30.8 Å². The summed E-state index contributed by atoms with van der Waals surface area (Å²) in [6.45, 7) is 16.8. The lowest BCUT2D eigenvalue weighted by Crippen LogP contribution is -2.36. The molecule has 0 saturated carbocycles. The molecular formula is C73H86N10. The van der Waals surface area contributed by atoms with E-state index < -0.39 is 14.0 Å². The zero-order chi connectivity index (χ0) is 63.9. The minimum Gasteiger partial charge on any atom is -0.359 e. The summed E-state index contributed by atoms with van der Waals surface area (Å²) in [4.78, 5) is 20.8. The molecule has 10 heteroatoms. The molecule has 428 valence electrons. The first-order valence-electron chi connectivity index (χ1n) is 31.8. The number of hydrogen-bond donors (Lipinski definition) is 0. The van der Waals surface area contributed by atoms with Crippen molar-refractivity contribution in [1.82, 2.24) is 9.80 Å². The summed E-state index contributed by atoms with van der Waals surface area (Å²) in [5.41, 5.74) is 17.7. The maximum Gasteiger partial charge on any atom is 0.107 e. The van der Waals surface area contributed by atoms with Crippen LogP contribution < -0.4 is 39.2 Å². The summed E-state index contributed by atoms with van der Waals surface area (Å²) in [7, 11) is 4.25. The van der Waals surface area contributed by atoms with Gasteiger partial charge in [-0.3, -0.25) is 0 Å². The minimum atomic E-state index is -2.16. The number of hydrogen-bond acceptors (Lipinski definition) is 10. The molecule has 83 heavy (non-hydrogen) atoms. The number of rotatable bonds is 6. The van der Waals surface area contributed by atoms with Gasteiger partial charge in [-0.2, -0.15) is 0 Å². The molecule has 0 unspecified atom stereocenters. The average Bonchev–Trinajstić information content (AvgIpc) is 1.70. The SMILES string of the molecule is Cc1ccccc1N1C=CN(C)[C@@H]1C.Cc1ccccc1N1C=CN(c2ccccc2)[C@@H]1C.Cc1ccccc1N1c2ccccc2N(C)[C@@H]1C.[2H]C([2H])([2H])N1C=CN(c2ccccc2C)[C@H]1C.[2H]C([2H])([2H])N1c2ccccc2N(c2ccccc2C)[C@H]1C. The molecule has 0 amide bonds. The molecule has 0 saturated heterocycles. The molecule has 0 N–H and O–H groups in total. The van der Waals surface area contributed by atoms with Crippen molar-refractivity contribution in [3.8, 4) is 0 Å². The van der Waals surface area contributed by atoms with Gasteiger partial charge in [-0.15, -0.1) is 0 Å². The van der Waals surface area contributed by atoms with Gasteiger partial charge in [0.05, 0.1) is 22.7 Å². The summed E-state index contributed by atoms with van der Waals surface area (Å²) >= 11 is 0. The molecule has 8 aromatic carbocycles. The van der Waals surface area contributed by atoms with E-state index in [1.165, 1.54) is 60.6 Å². The smallest absolute Gasteiger partial charge is 0.107 e. The fourth-order valence-corrected chi connectivity index (χ4v) is 11.2. The van der Waals surface area contributed by atoms with Crippen LogP contribution >= 0.6 is 0 Å². The Morgan fingerprint density at radius 1 is 0.265 bits per heavy atom. The monoisotopic (exact) mass is 1110 g/mol. The zero-order valence-corrected chi connectivity index (χ0v) is 50.4. The Morgan fingerprint density at radius 2 is 0.566 bits per heavy atom. The highest BCUT2D eigenvalue weighted by Gasteiger charge is 2.33. The normalized spacial score (nSPS) is 20.3. The van der Waals surface area contributed by atoms with Crippen molar-refractivity contribution in [3.05, 3.63) is 265 Å². The molecule has 0 radical (unpaired) electrons. The van der Waals surface area contributed by atoms with Crippen LogP contribution in [0.1, 0.15) is 70.7 Å². The van der Waals surface area contributed by atoms with Crippen LogP contribution in [0.25, 0.3) is 0 Å². The van der Waals surface area contributed by atoms with Crippen molar-refractivity contribution < 1.29 is 8.22 Å². The van der Waals surface area contributed by atoms with E-state index in [9.17, 15) is 0 Å². The zero-order valence-electron chi connectivity index (χ0n) is 56.4. The topological polar surface area (TPSA) is 32.4 Å². The second-order valence-corrected chi connectivity index (χ2v) is 21.7. The third-order valence-corrected chi connectivity index (χ3v) is 16.4. The van der Waals surface area contributed by atoms with Crippen LogP contribution in [0, 0.1) is 34.6 Å². The van der Waals surface area contributed by atoms with E-state index in [0.717, 1.165) is 33.9 Å². The molecule has 5 aliphatic heterocycles. The number of benzene rings is 8. The van der Waals surface area contributed by atoms with Crippen molar-refractivity contribution in [2.24, 2.45) is 0 Å². The number of anilines is 10. The lowest BCUT2D eigenvalue weighted by Gasteiger charge is -2.30. The van der Waals surface area contributed by atoms with Crippen molar-refractivity contribution >= 4 is 56.9 Å². The Balaban J connectivity index is 0.000000133. The fourth-order valence-electron chi connectivity index (χ4n) is 11.2. The maximum absolute atomic E-state index is 7.83. The molecule has 5 heterocycles. The summed E-state index contributed by atoms with van der Waals surface area (Å²) < 4.78 is 45.8. The van der Waals surface area contributed by atoms with Crippen LogP contribution in [0.4, 0.5) is 56.9 Å². The summed E-state index contributed by atoms with van der Waals surface area (Å²) in [5.74, 6) is 0. The Hall–Kier alpha value is -9.02. The van der Waals surface area contributed by atoms with Crippen LogP contribution in [0.2, 0.25) is 0 Å². The molecule has 10 nitrogen and oxygen atoms in total. The number of fused-ring (bicyclic) bond motifs is 2. The minimum absolute atomic E-state index is 0.191. The van der Waals surface area contributed by atoms with Crippen molar-refractivity contribution in [2.75, 3.05) is 67.2 Å². The lowest BCUT2D eigenvalue weighted by molar-refractivity contribution is 0.383. The number of aryl methyl sites for hydroxylation is 5. The summed E-state index contributed by atoms with van der Waals surface area (Å²) in [6.07, 6.45) is 12.6. The van der Waals surface area contributed by atoms with Crippen LogP contribution in [0.3, 0.4) is 0 Å². The Bertz CT molecular complexity index is 3750. The predicted octanol–water partition coefficient (Wildman–Crippen LogP) is 17.1. The summed E-state index contributed by atoms with van der Waals surface area (Å²) in [6, 6.07) is 68.3. The number of para-hydroxylation sites is 10. The molecule has 5 atom stereocenters. The van der Waals surface area contributed by atoms with Crippen LogP contribution in [-0.2, 0) is 0 Å². The van der Waals surface area contributed by atoms with E-state index in [2.05, 4.69) is 236 Å². The fraction of sp³-hybridized carbons (Fsp3) is 0.260. The second-order valence-electron chi connectivity index (χ2n) is 21.7. The first-order valence-corrected chi connectivity index (χ1v) is 28.8. The molecule has 13 rings (SSSR count). The molecule has 0 bridgehead atoms. The van der Waals surface area contributed by atoms with Gasteiger partial charge in [0.2, 0.25) is 0 Å². The molecule has 0 fully saturated rings. The van der Waals surface area contributed by atoms with E-state index in [-0.39, 0.29) is 12.3 Å². The Kier molecular flexibility index (Phi) is 16.1. The molecule has 0 aromatic heterocycles. The highest BCUT2D eigenvalue weighted by Crippen LogP contribution is 2.45. The van der Waals surface area contributed by atoms with Gasteiger partial charge >= 0.3 is 0 Å². The summed E-state index contributed by atoms with van der Waals surface area (Å²) in [5, 5.41) is 0. The van der Waals surface area contributed by atoms with Gasteiger partial charge in [0.25, 0.3) is 0 Å². The Labute approximate surface area is 505 Å². The van der Waals surface area contributed by atoms with Gasteiger partial charge in [-0.25, -0.2) is 0 Å². The lowest BCUT2D eigenvalue weighted by atomic mass is 10.1. The first kappa shape index (κ1) is 50.9. The van der Waals surface area contributed by atoms with Gasteiger partial charge < -0.3 is 49.0 Å². The molecule has 5 aliphatic rings. The van der Waals surface area contributed by atoms with E-state index in [1.54, 1.807) is 6.20 Å². The van der Waals surface area contributed by atoms with E-state index >= 15 is 0 Å². The first-order chi connectivity index (χ1) is 42.5. The highest BCUT2D eigenvalue weighted by molar-refractivity contribution is 5.85. The highest BCUT2D eigenvalue weighted by atomic mass is 15.4. The molecule has 8 aromatic rings. The van der Waals surface area contributed by atoms with Crippen LogP contribution in [0.15, 0.2) is 237 Å². The predicted molar refractivity (Wildman–Crippen MR) is 356 cm³/mol. The van der Waals surface area contributed by atoms with Crippen LogP contribution in [-0.4, -0.2) is 68.7 Å². The molecular weight excluding hydrogens is 1020 g/mol. The third-order valence-electron chi connectivity index (χ3n) is 16.4. The van der Waals surface area contributed by atoms with E-state index in [4.69, 9.17) is 8.22 Å². The number of nitrogens with zero attached hydrogens (tertiary/aromatic N) is 10. The maximum atomic E-state index is 7.83. The quantitative estimate of drug-likeness (QED) is 0.161. The second kappa shape index (κ2) is 26.3. The van der Waals surface area contributed by atoms with Gasteiger partial charge in [0.15, 0.2) is 0 Å². The third kappa shape index (κ3) is 12.6. The van der Waals surface area contributed by atoms with Crippen molar-refractivity contribution in [1.29, 1.82) is 0 Å². The largest absolute Gasteiger partial charge is 0.359 e. The van der Waals surface area contributed by atoms with Crippen LogP contribution in [0.5, 0.6) is 0 Å². The van der Waals surface area contributed by atoms with Crippen molar-refractivity contribution in [2.45, 2.75) is 100 Å². The average molecular weight is 1110 g/mol. The Morgan fingerprint density at radius 3 is 0.952 bits per heavy atom. The standard InChI is InChI=1S/C17H18N2.2C16H18N2.2C12H16N2/c1-14-8-6-7-11-17(14)19-13-12-18(15(19)2)16-9-4-3-5-10-16;2*1-12-8-4-5-9-14(12)18-13(2)17(3)15-10-6-7-11-16(15)18;2*1-10-6-4-5-7-12(10)14-9-8-13(3)11(14)2/h3-13,15H,1-2H3;2*4-11,13H,1-3H3;2*4-9,11H,1-3H3/t15-;2*13-;2*11-/m00000/s1/i;3D3;;3D3;.